The third-order valence-electron chi connectivity index (χ3n) is 3.43. The van der Waals surface area contributed by atoms with Crippen molar-refractivity contribution in [3.05, 3.63) is 10.2 Å². The molecule has 0 aliphatic carbocycles. The van der Waals surface area contributed by atoms with E-state index in [-0.39, 0.29) is 20.9 Å². The number of unbranched alkanes of at least 4 members (excludes halogenated alkanes) is 9. The first-order chi connectivity index (χ1) is 10.3. The van der Waals surface area contributed by atoms with Gasteiger partial charge in [0.2, 0.25) is 0 Å². The summed E-state index contributed by atoms with van der Waals surface area (Å²) in [5.41, 5.74) is 0. The predicted molar refractivity (Wildman–Crippen MR) is 102 cm³/mol. The maximum absolute atomic E-state index is 10.4. The van der Waals surface area contributed by atoms with Crippen molar-refractivity contribution >= 4 is 49.5 Å². The van der Waals surface area contributed by atoms with E-state index in [9.17, 15) is 4.79 Å². The third kappa shape index (κ3) is 20.7. The SMILES string of the molecule is O=C(O)CCCCC[Te]CCCCCCCCCC=CI. The van der Waals surface area contributed by atoms with Gasteiger partial charge in [-0.05, 0) is 0 Å². The number of hydrogen-bond acceptors (Lipinski definition) is 1. The van der Waals surface area contributed by atoms with E-state index in [4.69, 9.17) is 5.11 Å². The molecule has 21 heavy (non-hydrogen) atoms. The average Bonchev–Trinajstić information content (AvgIpc) is 2.46. The van der Waals surface area contributed by atoms with Crippen LogP contribution in [0.1, 0.15) is 77.0 Å². The molecule has 0 amide bonds. The number of allylic oxidation sites excluding steroid dienone is 1. The second-order valence-corrected chi connectivity index (χ2v) is 9.66. The molecule has 0 saturated heterocycles. The molecular formula is C17H31IO2Te. The van der Waals surface area contributed by atoms with Crippen LogP contribution < -0.4 is 0 Å². The molecule has 0 aromatic rings. The number of aliphatic carboxylic acids is 1. The summed E-state index contributed by atoms with van der Waals surface area (Å²) >= 11 is 2.52. The number of carboxylic acid groups (broad SMARTS) is 1. The van der Waals surface area contributed by atoms with Gasteiger partial charge in [-0.3, -0.25) is 0 Å². The first-order valence-electron chi connectivity index (χ1n) is 8.32. The van der Waals surface area contributed by atoms with Crippen LogP contribution in [0.5, 0.6) is 0 Å². The summed E-state index contributed by atoms with van der Waals surface area (Å²) in [4.78, 5) is 10.4. The monoisotopic (exact) mass is 524 g/mol. The van der Waals surface area contributed by atoms with Crippen LogP contribution in [0.25, 0.3) is 0 Å². The second-order valence-electron chi connectivity index (χ2n) is 5.44. The van der Waals surface area contributed by atoms with Gasteiger partial charge in [0.05, 0.1) is 0 Å². The zero-order valence-corrected chi connectivity index (χ0v) is 17.7. The molecule has 0 aliphatic rings. The fourth-order valence-electron chi connectivity index (χ4n) is 2.17. The quantitative estimate of drug-likeness (QED) is 0.148. The molecule has 0 unspecified atom stereocenters. The zero-order chi connectivity index (χ0) is 15.6. The van der Waals surface area contributed by atoms with Crippen molar-refractivity contribution in [1.29, 1.82) is 0 Å². The Morgan fingerprint density at radius 3 is 1.95 bits per heavy atom. The van der Waals surface area contributed by atoms with Gasteiger partial charge in [-0.1, -0.05) is 0 Å². The van der Waals surface area contributed by atoms with Crippen LogP contribution in [0.2, 0.25) is 8.94 Å². The van der Waals surface area contributed by atoms with Crippen molar-refractivity contribution in [2.45, 2.75) is 86.0 Å². The minimum atomic E-state index is -0.645. The summed E-state index contributed by atoms with van der Waals surface area (Å²) in [5, 5.41) is 8.53. The molecule has 0 aromatic carbocycles. The molecule has 0 rings (SSSR count). The van der Waals surface area contributed by atoms with Crippen molar-refractivity contribution in [3.63, 3.8) is 0 Å². The van der Waals surface area contributed by atoms with Crippen LogP contribution in [-0.4, -0.2) is 32.0 Å². The van der Waals surface area contributed by atoms with E-state index < -0.39 is 5.97 Å². The molecule has 0 heterocycles. The number of rotatable bonds is 16. The first-order valence-corrected chi connectivity index (χ1v) is 12.9. The molecule has 1 N–H and O–H groups in total. The van der Waals surface area contributed by atoms with Crippen molar-refractivity contribution in [3.8, 4) is 0 Å². The Labute approximate surface area is 154 Å². The standard InChI is InChI=1S/C17H31IO2Te/c18-14-10-6-4-2-1-3-5-7-11-15-21-16-12-8-9-13-17(19)20/h10,14H,1-9,11-13,15-16H2,(H,19,20). The average molecular weight is 522 g/mol. The maximum atomic E-state index is 10.4. The van der Waals surface area contributed by atoms with Crippen LogP contribution in [0.15, 0.2) is 10.2 Å². The van der Waals surface area contributed by atoms with Gasteiger partial charge in [-0.25, -0.2) is 0 Å². The Balaban J connectivity index is 2.98. The van der Waals surface area contributed by atoms with Crippen LogP contribution >= 0.6 is 22.6 Å². The van der Waals surface area contributed by atoms with Gasteiger partial charge in [0.1, 0.15) is 0 Å². The zero-order valence-electron chi connectivity index (χ0n) is 13.2. The van der Waals surface area contributed by atoms with Crippen molar-refractivity contribution in [1.82, 2.24) is 0 Å². The summed E-state index contributed by atoms with van der Waals surface area (Å²) in [6.45, 7) is 0. The van der Waals surface area contributed by atoms with Gasteiger partial charge < -0.3 is 0 Å². The Morgan fingerprint density at radius 2 is 1.38 bits per heavy atom. The van der Waals surface area contributed by atoms with E-state index in [1.54, 1.807) is 0 Å². The van der Waals surface area contributed by atoms with Crippen molar-refractivity contribution in [2.24, 2.45) is 0 Å². The summed E-state index contributed by atoms with van der Waals surface area (Å²) in [5.74, 6) is -0.645. The van der Waals surface area contributed by atoms with Gasteiger partial charge in [-0.2, -0.15) is 0 Å². The van der Waals surface area contributed by atoms with E-state index in [1.807, 2.05) is 0 Å². The van der Waals surface area contributed by atoms with Crippen molar-refractivity contribution < 1.29 is 9.90 Å². The van der Waals surface area contributed by atoms with Crippen molar-refractivity contribution in [2.75, 3.05) is 0 Å². The van der Waals surface area contributed by atoms with E-state index in [0.717, 1.165) is 12.8 Å². The van der Waals surface area contributed by atoms with E-state index in [0.29, 0.717) is 6.42 Å². The fraction of sp³-hybridized carbons (Fsp3) is 0.824. The Morgan fingerprint density at radius 1 is 0.857 bits per heavy atom. The Bertz CT molecular complexity index is 257. The number of carbonyl (C=O) groups is 1. The third-order valence-corrected chi connectivity index (χ3v) is 7.23. The topological polar surface area (TPSA) is 37.3 Å². The first kappa shape index (κ1) is 21.7. The number of halogens is 1. The molecule has 2 nitrogen and oxygen atoms in total. The number of carboxylic acids is 1. The molecule has 0 aliphatic heterocycles. The molecule has 124 valence electrons. The molecule has 0 fully saturated rings. The molecule has 0 atom stereocenters. The molecule has 0 saturated carbocycles. The molecule has 0 aromatic heterocycles. The summed E-state index contributed by atoms with van der Waals surface area (Å²) in [7, 11) is 0. The summed E-state index contributed by atoms with van der Waals surface area (Å²) < 4.78 is 5.02. The van der Waals surface area contributed by atoms with Gasteiger partial charge in [0.25, 0.3) is 0 Å². The minimum absolute atomic E-state index is 0.230. The molecule has 0 radical (unpaired) electrons. The molecule has 4 heteroatoms. The fourth-order valence-corrected chi connectivity index (χ4v) is 5.44. The molecule has 0 spiro atoms. The van der Waals surface area contributed by atoms with Crippen LogP contribution in [0.3, 0.4) is 0 Å². The van der Waals surface area contributed by atoms with Crippen LogP contribution in [-0.2, 0) is 4.79 Å². The number of hydrogen-bond donors (Lipinski definition) is 1. The Kier molecular flexibility index (Phi) is 19.4. The van der Waals surface area contributed by atoms with Gasteiger partial charge in [-0.15, -0.1) is 0 Å². The van der Waals surface area contributed by atoms with E-state index >= 15 is 0 Å². The van der Waals surface area contributed by atoms with Gasteiger partial charge in [0, 0.05) is 0 Å². The van der Waals surface area contributed by atoms with E-state index in [1.165, 1.54) is 66.7 Å². The van der Waals surface area contributed by atoms with Gasteiger partial charge >= 0.3 is 156 Å². The van der Waals surface area contributed by atoms with E-state index in [2.05, 4.69) is 32.7 Å². The summed E-state index contributed by atoms with van der Waals surface area (Å²) in [6, 6.07) is 0. The normalized spacial score (nSPS) is 11.3. The van der Waals surface area contributed by atoms with Gasteiger partial charge in [0.15, 0.2) is 0 Å². The molecule has 0 bridgehead atoms. The molecular weight excluding hydrogens is 491 g/mol. The van der Waals surface area contributed by atoms with Crippen LogP contribution in [0, 0.1) is 0 Å². The van der Waals surface area contributed by atoms with Crippen LogP contribution in [0.4, 0.5) is 0 Å². The Hall–Kier alpha value is 0.730. The summed E-state index contributed by atoms with van der Waals surface area (Å²) in [6.07, 6.45) is 17.0. The predicted octanol–water partition coefficient (Wildman–Crippen LogP) is 6.24. The second kappa shape index (κ2) is 18.8.